The maximum atomic E-state index is 12.3. The molecular formula is C20H22ClN3O3. The van der Waals surface area contributed by atoms with Gasteiger partial charge in [0.25, 0.3) is 5.91 Å². The molecule has 0 saturated carbocycles. The largest absolute Gasteiger partial charge is 0.497 e. The second-order valence-corrected chi connectivity index (χ2v) is 6.57. The summed E-state index contributed by atoms with van der Waals surface area (Å²) >= 11 is 6.05. The highest BCUT2D eigenvalue weighted by Gasteiger charge is 2.21. The van der Waals surface area contributed by atoms with Crippen molar-refractivity contribution in [2.45, 2.75) is 0 Å². The zero-order valence-corrected chi connectivity index (χ0v) is 15.9. The predicted molar refractivity (Wildman–Crippen MR) is 107 cm³/mol. The number of hydrogen-bond acceptors (Lipinski definition) is 5. The number of methoxy groups -OCH3 is 1. The van der Waals surface area contributed by atoms with Gasteiger partial charge in [-0.2, -0.15) is 0 Å². The number of carbonyl (C=O) groups is 1. The summed E-state index contributed by atoms with van der Waals surface area (Å²) in [5.74, 6) is 0.716. The third kappa shape index (κ3) is 5.37. The zero-order chi connectivity index (χ0) is 19.1. The Kier molecular flexibility index (Phi) is 6.54. The topological polar surface area (TPSA) is 54.4 Å². The molecule has 0 aromatic heterocycles. The van der Waals surface area contributed by atoms with Crippen molar-refractivity contribution < 1.29 is 14.4 Å². The Labute approximate surface area is 163 Å². The van der Waals surface area contributed by atoms with E-state index in [2.05, 4.69) is 10.1 Å². The third-order valence-electron chi connectivity index (χ3n) is 4.39. The van der Waals surface area contributed by atoms with Gasteiger partial charge in [0.2, 0.25) is 0 Å². The second kappa shape index (κ2) is 9.28. The Bertz CT molecular complexity index is 787. The second-order valence-electron chi connectivity index (χ2n) is 6.13. The van der Waals surface area contributed by atoms with E-state index in [0.29, 0.717) is 18.1 Å². The maximum Gasteiger partial charge on any atom is 0.263 e. The molecule has 1 fully saturated rings. The number of anilines is 1. The van der Waals surface area contributed by atoms with Crippen LogP contribution in [0.5, 0.6) is 5.75 Å². The van der Waals surface area contributed by atoms with Crippen LogP contribution in [0, 0.1) is 0 Å². The molecular weight excluding hydrogens is 366 g/mol. The van der Waals surface area contributed by atoms with Crippen molar-refractivity contribution in [2.24, 2.45) is 5.16 Å². The van der Waals surface area contributed by atoms with Crippen LogP contribution in [0.25, 0.3) is 0 Å². The average molecular weight is 388 g/mol. The van der Waals surface area contributed by atoms with E-state index in [9.17, 15) is 4.79 Å². The lowest BCUT2D eigenvalue weighted by Gasteiger charge is -2.36. The standard InChI is InChI=1S/C20H22ClN3O3/c1-26-19-7-5-16(6-8-19)14-22-27-15-20(25)24-11-9-23(10-12-24)18-4-2-3-17(21)13-18/h2-8,13-14H,9-12,15H2,1H3/b22-14-. The maximum absolute atomic E-state index is 12.3. The Morgan fingerprint density at radius 3 is 2.56 bits per heavy atom. The monoisotopic (exact) mass is 387 g/mol. The quantitative estimate of drug-likeness (QED) is 0.564. The zero-order valence-electron chi connectivity index (χ0n) is 15.2. The average Bonchev–Trinajstić information content (AvgIpc) is 2.71. The van der Waals surface area contributed by atoms with Crippen molar-refractivity contribution in [1.82, 2.24) is 4.90 Å². The highest BCUT2D eigenvalue weighted by atomic mass is 35.5. The molecule has 1 amide bonds. The Balaban J connectivity index is 1.42. The van der Waals surface area contributed by atoms with Crippen molar-refractivity contribution in [3.8, 4) is 5.75 Å². The first-order valence-corrected chi connectivity index (χ1v) is 9.11. The van der Waals surface area contributed by atoms with E-state index in [4.69, 9.17) is 21.2 Å². The molecule has 1 aliphatic heterocycles. The number of amides is 1. The van der Waals surface area contributed by atoms with Gasteiger partial charge in [-0.15, -0.1) is 0 Å². The van der Waals surface area contributed by atoms with Gasteiger partial charge in [-0.3, -0.25) is 4.79 Å². The van der Waals surface area contributed by atoms with Crippen LogP contribution in [0.2, 0.25) is 5.02 Å². The number of benzene rings is 2. The number of ether oxygens (including phenoxy) is 1. The molecule has 0 radical (unpaired) electrons. The summed E-state index contributed by atoms with van der Waals surface area (Å²) in [4.78, 5) is 21.4. The van der Waals surface area contributed by atoms with Gasteiger partial charge >= 0.3 is 0 Å². The first-order chi connectivity index (χ1) is 13.2. The molecule has 1 aliphatic rings. The summed E-state index contributed by atoms with van der Waals surface area (Å²) in [5, 5.41) is 4.58. The van der Waals surface area contributed by atoms with Gasteiger partial charge in [0.15, 0.2) is 6.61 Å². The Morgan fingerprint density at radius 2 is 1.89 bits per heavy atom. The minimum Gasteiger partial charge on any atom is -0.497 e. The van der Waals surface area contributed by atoms with E-state index >= 15 is 0 Å². The highest BCUT2D eigenvalue weighted by molar-refractivity contribution is 6.30. The molecule has 27 heavy (non-hydrogen) atoms. The van der Waals surface area contributed by atoms with E-state index < -0.39 is 0 Å². The van der Waals surface area contributed by atoms with Gasteiger partial charge in [-0.1, -0.05) is 22.8 Å². The first kappa shape index (κ1) is 19.0. The number of nitrogens with zero attached hydrogens (tertiary/aromatic N) is 3. The van der Waals surface area contributed by atoms with Crippen molar-refractivity contribution in [3.05, 3.63) is 59.1 Å². The van der Waals surface area contributed by atoms with Crippen LogP contribution in [0.4, 0.5) is 5.69 Å². The van der Waals surface area contributed by atoms with Crippen LogP contribution in [0.15, 0.2) is 53.7 Å². The number of carbonyl (C=O) groups excluding carboxylic acids is 1. The van der Waals surface area contributed by atoms with Crippen LogP contribution in [0.3, 0.4) is 0 Å². The normalized spacial score (nSPS) is 14.4. The van der Waals surface area contributed by atoms with E-state index in [1.807, 2.05) is 48.5 Å². The molecule has 3 rings (SSSR count). The summed E-state index contributed by atoms with van der Waals surface area (Å²) in [7, 11) is 1.62. The van der Waals surface area contributed by atoms with Crippen LogP contribution >= 0.6 is 11.6 Å². The highest BCUT2D eigenvalue weighted by Crippen LogP contribution is 2.20. The Morgan fingerprint density at radius 1 is 1.15 bits per heavy atom. The summed E-state index contributed by atoms with van der Waals surface area (Å²) in [6.45, 7) is 2.76. The van der Waals surface area contributed by atoms with E-state index in [-0.39, 0.29) is 12.5 Å². The minimum atomic E-state index is -0.0657. The fourth-order valence-corrected chi connectivity index (χ4v) is 3.04. The lowest BCUT2D eigenvalue weighted by molar-refractivity contribution is -0.136. The summed E-state index contributed by atoms with van der Waals surface area (Å²) in [6.07, 6.45) is 1.57. The smallest absolute Gasteiger partial charge is 0.263 e. The van der Waals surface area contributed by atoms with Gasteiger partial charge < -0.3 is 19.4 Å². The molecule has 0 atom stereocenters. The van der Waals surface area contributed by atoms with Crippen LogP contribution in [-0.4, -0.2) is 56.9 Å². The van der Waals surface area contributed by atoms with E-state index in [0.717, 1.165) is 30.1 Å². The van der Waals surface area contributed by atoms with Gasteiger partial charge in [-0.05, 0) is 48.0 Å². The SMILES string of the molecule is COc1ccc(/C=N\OCC(=O)N2CCN(c3cccc(Cl)c3)CC2)cc1. The Hall–Kier alpha value is -2.73. The number of halogens is 1. The number of hydrogen-bond donors (Lipinski definition) is 0. The predicted octanol–water partition coefficient (Wildman–Crippen LogP) is 3.05. The van der Waals surface area contributed by atoms with Crippen LogP contribution in [0.1, 0.15) is 5.56 Å². The number of rotatable bonds is 6. The molecule has 7 heteroatoms. The van der Waals surface area contributed by atoms with Gasteiger partial charge in [0.1, 0.15) is 5.75 Å². The molecule has 1 saturated heterocycles. The summed E-state index contributed by atoms with van der Waals surface area (Å²) in [5.41, 5.74) is 1.95. The molecule has 1 heterocycles. The molecule has 142 valence electrons. The van der Waals surface area contributed by atoms with Gasteiger partial charge in [0.05, 0.1) is 13.3 Å². The van der Waals surface area contributed by atoms with Gasteiger partial charge in [0, 0.05) is 36.9 Å². The molecule has 0 bridgehead atoms. The van der Waals surface area contributed by atoms with Crippen molar-refractivity contribution in [3.63, 3.8) is 0 Å². The first-order valence-electron chi connectivity index (χ1n) is 8.73. The fourth-order valence-electron chi connectivity index (χ4n) is 2.86. The van der Waals surface area contributed by atoms with E-state index in [1.54, 1.807) is 18.2 Å². The van der Waals surface area contributed by atoms with Crippen LogP contribution < -0.4 is 9.64 Å². The molecule has 0 spiro atoms. The van der Waals surface area contributed by atoms with Crippen LogP contribution in [-0.2, 0) is 9.63 Å². The third-order valence-corrected chi connectivity index (χ3v) is 4.62. The van der Waals surface area contributed by atoms with Gasteiger partial charge in [-0.25, -0.2) is 0 Å². The molecule has 2 aromatic rings. The van der Waals surface area contributed by atoms with Crippen molar-refractivity contribution in [1.29, 1.82) is 0 Å². The van der Waals surface area contributed by atoms with Crippen molar-refractivity contribution >= 4 is 29.4 Å². The summed E-state index contributed by atoms with van der Waals surface area (Å²) < 4.78 is 5.10. The lowest BCUT2D eigenvalue weighted by Crippen LogP contribution is -2.49. The minimum absolute atomic E-state index is 0.0624. The summed E-state index contributed by atoms with van der Waals surface area (Å²) in [6, 6.07) is 15.2. The fraction of sp³-hybridized carbons (Fsp3) is 0.300. The molecule has 0 N–H and O–H groups in total. The molecule has 2 aromatic carbocycles. The molecule has 0 unspecified atom stereocenters. The van der Waals surface area contributed by atoms with E-state index in [1.165, 1.54) is 0 Å². The molecule has 0 aliphatic carbocycles. The number of oxime groups is 1. The lowest BCUT2D eigenvalue weighted by atomic mass is 10.2. The van der Waals surface area contributed by atoms with Crippen molar-refractivity contribution in [2.75, 3.05) is 44.8 Å². The number of piperazine rings is 1. The molecule has 6 nitrogen and oxygen atoms in total.